The van der Waals surface area contributed by atoms with Crippen molar-refractivity contribution in [1.29, 1.82) is 0 Å². The second-order valence-corrected chi connectivity index (χ2v) is 7.90. The number of rotatable bonds is 5. The average molecular weight is 361 g/mol. The molecule has 1 N–H and O–H groups in total. The fourth-order valence-corrected chi connectivity index (χ4v) is 3.67. The number of anilines is 1. The number of ether oxygens (including phenoxy) is 2. The molecular weight excluding hydrogens is 342 g/mol. The van der Waals surface area contributed by atoms with E-state index in [1.165, 1.54) is 12.1 Å². The van der Waals surface area contributed by atoms with Crippen LogP contribution in [0.4, 0.5) is 5.69 Å². The smallest absolute Gasteiger partial charge is 0.225 e. The fraction of sp³-hybridized carbons (Fsp3) is 0.278. The van der Waals surface area contributed by atoms with Gasteiger partial charge in [-0.2, -0.15) is 0 Å². The maximum absolute atomic E-state index is 12.4. The maximum Gasteiger partial charge on any atom is 0.225 e. The van der Waals surface area contributed by atoms with Crippen molar-refractivity contribution in [2.24, 2.45) is 0 Å². The van der Waals surface area contributed by atoms with Gasteiger partial charge in [-0.15, -0.1) is 0 Å². The van der Waals surface area contributed by atoms with E-state index in [2.05, 4.69) is 5.32 Å². The van der Waals surface area contributed by atoms with Crippen molar-refractivity contribution in [1.82, 2.24) is 0 Å². The Hall–Kier alpha value is -2.54. The number of hydrogen-bond donors (Lipinski definition) is 1. The molecular formula is C18H19NO5S. The van der Waals surface area contributed by atoms with E-state index in [1.54, 1.807) is 18.2 Å². The van der Waals surface area contributed by atoms with Crippen molar-refractivity contribution in [3.8, 4) is 11.5 Å². The van der Waals surface area contributed by atoms with Crippen LogP contribution in [0.2, 0.25) is 0 Å². The van der Waals surface area contributed by atoms with Crippen LogP contribution in [0, 0.1) is 6.92 Å². The van der Waals surface area contributed by atoms with Crippen LogP contribution in [0.25, 0.3) is 0 Å². The minimum absolute atomic E-state index is 0.120. The third kappa shape index (κ3) is 4.30. The Kier molecular flexibility index (Phi) is 4.94. The van der Waals surface area contributed by atoms with Crippen LogP contribution in [-0.4, -0.2) is 33.3 Å². The maximum atomic E-state index is 12.4. The lowest BCUT2D eigenvalue weighted by atomic mass is 10.2. The van der Waals surface area contributed by atoms with Crippen molar-refractivity contribution in [3.05, 3.63) is 48.0 Å². The van der Waals surface area contributed by atoms with Gasteiger partial charge < -0.3 is 14.8 Å². The SMILES string of the molecule is Cc1ccc(NC(=O)CCS(=O)(=O)c2ccc3c(c2)OCCO3)cc1. The number of benzene rings is 2. The summed E-state index contributed by atoms with van der Waals surface area (Å²) in [6.07, 6.45) is -0.120. The summed E-state index contributed by atoms with van der Waals surface area (Å²) in [7, 11) is -3.58. The van der Waals surface area contributed by atoms with Crippen LogP contribution >= 0.6 is 0 Å². The zero-order valence-corrected chi connectivity index (χ0v) is 14.6. The summed E-state index contributed by atoms with van der Waals surface area (Å²) >= 11 is 0. The lowest BCUT2D eigenvalue weighted by Crippen LogP contribution is -2.18. The molecule has 0 saturated carbocycles. The first-order valence-electron chi connectivity index (χ1n) is 7.93. The zero-order chi connectivity index (χ0) is 17.9. The predicted octanol–water partition coefficient (Wildman–Crippen LogP) is 2.57. The summed E-state index contributed by atoms with van der Waals surface area (Å²) < 4.78 is 35.7. The van der Waals surface area contributed by atoms with Gasteiger partial charge in [0.1, 0.15) is 13.2 Å². The molecule has 7 heteroatoms. The number of carbonyl (C=O) groups excluding carboxylic acids is 1. The van der Waals surface area contributed by atoms with Gasteiger partial charge in [0.2, 0.25) is 5.91 Å². The molecule has 6 nitrogen and oxygen atoms in total. The van der Waals surface area contributed by atoms with Crippen molar-refractivity contribution in [2.75, 3.05) is 24.3 Å². The van der Waals surface area contributed by atoms with Crippen molar-refractivity contribution in [2.45, 2.75) is 18.2 Å². The van der Waals surface area contributed by atoms with E-state index < -0.39 is 9.84 Å². The largest absolute Gasteiger partial charge is 0.486 e. The third-order valence-electron chi connectivity index (χ3n) is 3.81. The number of sulfone groups is 1. The second kappa shape index (κ2) is 7.14. The summed E-state index contributed by atoms with van der Waals surface area (Å²) in [5.41, 5.74) is 1.73. The van der Waals surface area contributed by atoms with Gasteiger partial charge in [0, 0.05) is 18.2 Å². The van der Waals surface area contributed by atoms with Crippen LogP contribution in [0.3, 0.4) is 0 Å². The van der Waals surface area contributed by atoms with Crippen LogP contribution < -0.4 is 14.8 Å². The fourth-order valence-electron chi connectivity index (χ4n) is 2.42. The van der Waals surface area contributed by atoms with Crippen LogP contribution in [0.1, 0.15) is 12.0 Å². The Morgan fingerprint density at radius 3 is 2.44 bits per heavy atom. The van der Waals surface area contributed by atoms with Gasteiger partial charge in [0.15, 0.2) is 21.3 Å². The molecule has 2 aromatic rings. The molecule has 1 aliphatic rings. The lowest BCUT2D eigenvalue weighted by Gasteiger charge is -2.18. The molecule has 0 fully saturated rings. The number of fused-ring (bicyclic) bond motifs is 1. The van der Waals surface area contributed by atoms with Crippen molar-refractivity contribution < 1.29 is 22.7 Å². The van der Waals surface area contributed by atoms with Gasteiger partial charge in [-0.05, 0) is 31.2 Å². The minimum Gasteiger partial charge on any atom is -0.486 e. The highest BCUT2D eigenvalue weighted by atomic mass is 32.2. The Morgan fingerprint density at radius 2 is 1.72 bits per heavy atom. The molecule has 0 unspecified atom stereocenters. The Labute approximate surface area is 146 Å². The molecule has 0 spiro atoms. The molecule has 0 saturated heterocycles. The van der Waals surface area contributed by atoms with E-state index >= 15 is 0 Å². The topological polar surface area (TPSA) is 81.7 Å². The van der Waals surface area contributed by atoms with Crippen molar-refractivity contribution in [3.63, 3.8) is 0 Å². The highest BCUT2D eigenvalue weighted by Crippen LogP contribution is 2.32. The molecule has 1 amide bonds. The number of carbonyl (C=O) groups is 1. The van der Waals surface area contributed by atoms with E-state index in [-0.39, 0.29) is 23.0 Å². The van der Waals surface area contributed by atoms with Gasteiger partial charge in [0.05, 0.1) is 10.6 Å². The van der Waals surface area contributed by atoms with Crippen LogP contribution in [0.15, 0.2) is 47.4 Å². The molecule has 3 rings (SSSR count). The van der Waals surface area contributed by atoms with E-state index in [9.17, 15) is 13.2 Å². The molecule has 25 heavy (non-hydrogen) atoms. The highest BCUT2D eigenvalue weighted by Gasteiger charge is 2.20. The van der Waals surface area contributed by atoms with E-state index in [4.69, 9.17) is 9.47 Å². The number of nitrogens with one attached hydrogen (secondary N) is 1. The zero-order valence-electron chi connectivity index (χ0n) is 13.8. The standard InChI is InChI=1S/C18H19NO5S/c1-13-2-4-14(5-3-13)19-18(20)8-11-25(21,22)15-6-7-16-17(12-15)24-10-9-23-16/h2-7,12H,8-11H2,1H3,(H,19,20). The van der Waals surface area contributed by atoms with Gasteiger partial charge in [-0.25, -0.2) is 8.42 Å². The first-order chi connectivity index (χ1) is 11.9. The molecule has 2 aromatic carbocycles. The molecule has 0 atom stereocenters. The molecule has 0 radical (unpaired) electrons. The summed E-state index contributed by atoms with van der Waals surface area (Å²) in [6.45, 7) is 2.78. The summed E-state index contributed by atoms with van der Waals surface area (Å²) in [5, 5.41) is 2.70. The quantitative estimate of drug-likeness (QED) is 0.885. The molecule has 1 aliphatic heterocycles. The summed E-state index contributed by atoms with van der Waals surface area (Å²) in [5.74, 6) is 0.327. The van der Waals surface area contributed by atoms with Crippen molar-refractivity contribution >= 4 is 21.4 Å². The normalized spacial score (nSPS) is 13.3. The van der Waals surface area contributed by atoms with Gasteiger partial charge in [0.25, 0.3) is 0 Å². The first-order valence-corrected chi connectivity index (χ1v) is 9.58. The monoisotopic (exact) mass is 361 g/mol. The predicted molar refractivity (Wildman–Crippen MR) is 93.9 cm³/mol. The third-order valence-corrected chi connectivity index (χ3v) is 5.52. The average Bonchev–Trinajstić information content (AvgIpc) is 2.62. The second-order valence-electron chi connectivity index (χ2n) is 5.79. The number of aryl methyl sites for hydroxylation is 1. The Morgan fingerprint density at radius 1 is 1.04 bits per heavy atom. The van der Waals surface area contributed by atoms with Gasteiger partial charge in [-0.3, -0.25) is 4.79 Å². The number of amides is 1. The summed E-state index contributed by atoms with van der Waals surface area (Å²) in [6, 6.07) is 11.8. The van der Waals surface area contributed by atoms with Gasteiger partial charge in [-0.1, -0.05) is 17.7 Å². The van der Waals surface area contributed by atoms with E-state index in [0.717, 1.165) is 5.56 Å². The highest BCUT2D eigenvalue weighted by molar-refractivity contribution is 7.91. The molecule has 0 bridgehead atoms. The molecule has 1 heterocycles. The minimum atomic E-state index is -3.58. The van der Waals surface area contributed by atoms with Crippen LogP contribution in [0.5, 0.6) is 11.5 Å². The Balaban J connectivity index is 1.63. The Bertz CT molecular complexity index is 875. The molecule has 0 aliphatic carbocycles. The molecule has 0 aromatic heterocycles. The van der Waals surface area contributed by atoms with E-state index in [0.29, 0.717) is 30.4 Å². The first kappa shape index (κ1) is 17.3. The van der Waals surface area contributed by atoms with E-state index in [1.807, 2.05) is 19.1 Å². The number of hydrogen-bond acceptors (Lipinski definition) is 5. The molecule has 132 valence electrons. The summed E-state index contributed by atoms with van der Waals surface area (Å²) in [4.78, 5) is 12.1. The lowest BCUT2D eigenvalue weighted by molar-refractivity contribution is -0.115. The van der Waals surface area contributed by atoms with Gasteiger partial charge >= 0.3 is 0 Å². The van der Waals surface area contributed by atoms with Crippen LogP contribution in [-0.2, 0) is 14.6 Å².